The maximum Gasteiger partial charge on any atom is 1.00 e. The van der Waals surface area contributed by atoms with Crippen LogP contribution in [0.25, 0.3) is 0 Å². The molecule has 0 spiro atoms. The SMILES string of the molecule is CCOC(=O)c1ccccc1OC(=O)P(=O)(O)O.[CH2-]CO.[Na+]. The number of carbonyl (C=O) groups is 2. The molecule has 10 heteroatoms. The fourth-order valence-corrected chi connectivity index (χ4v) is 1.30. The van der Waals surface area contributed by atoms with E-state index < -0.39 is 19.3 Å². The van der Waals surface area contributed by atoms with E-state index in [0.29, 0.717) is 0 Å². The molecular formula is C12H16NaO8P. The molecule has 118 valence electrons. The van der Waals surface area contributed by atoms with Gasteiger partial charge in [-0.15, -0.1) is 0 Å². The Hall–Kier alpha value is -0.730. The third kappa shape index (κ3) is 8.65. The van der Waals surface area contributed by atoms with Gasteiger partial charge < -0.3 is 31.3 Å². The quantitative estimate of drug-likeness (QED) is 0.257. The van der Waals surface area contributed by atoms with Gasteiger partial charge in [0.15, 0.2) is 0 Å². The molecule has 0 fully saturated rings. The van der Waals surface area contributed by atoms with Crippen LogP contribution in [0.2, 0.25) is 0 Å². The molecule has 0 radical (unpaired) electrons. The van der Waals surface area contributed by atoms with Gasteiger partial charge in [-0.2, -0.15) is 0 Å². The van der Waals surface area contributed by atoms with Gasteiger partial charge in [-0.25, -0.2) is 14.2 Å². The van der Waals surface area contributed by atoms with Gasteiger partial charge in [0.1, 0.15) is 11.3 Å². The Balaban J connectivity index is 0. The average molecular weight is 342 g/mol. The molecule has 0 saturated carbocycles. The third-order valence-corrected chi connectivity index (χ3v) is 2.38. The maximum absolute atomic E-state index is 11.5. The summed E-state index contributed by atoms with van der Waals surface area (Å²) in [7, 11) is -5.00. The van der Waals surface area contributed by atoms with E-state index >= 15 is 0 Å². The van der Waals surface area contributed by atoms with E-state index in [1.54, 1.807) is 6.92 Å². The van der Waals surface area contributed by atoms with Crippen molar-refractivity contribution in [2.75, 3.05) is 13.2 Å². The number of hydrogen-bond acceptors (Lipinski definition) is 6. The number of esters is 1. The molecule has 1 aromatic carbocycles. The summed E-state index contributed by atoms with van der Waals surface area (Å²) in [5.74, 6) is -1.00. The normalized spacial score (nSPS) is 9.68. The van der Waals surface area contributed by atoms with Gasteiger partial charge in [0, 0.05) is 0 Å². The van der Waals surface area contributed by atoms with E-state index in [4.69, 9.17) is 19.6 Å². The number of hydrogen-bond donors (Lipinski definition) is 3. The van der Waals surface area contributed by atoms with Crippen molar-refractivity contribution in [3.63, 3.8) is 0 Å². The zero-order chi connectivity index (χ0) is 16.5. The fourth-order valence-electron chi connectivity index (χ4n) is 1.09. The summed E-state index contributed by atoms with van der Waals surface area (Å²) in [5, 5.41) is 7.46. The van der Waals surface area contributed by atoms with Crippen LogP contribution in [0.5, 0.6) is 5.75 Å². The van der Waals surface area contributed by atoms with Gasteiger partial charge in [0.05, 0.1) is 6.61 Å². The van der Waals surface area contributed by atoms with Crippen molar-refractivity contribution < 1.29 is 68.1 Å². The van der Waals surface area contributed by atoms with E-state index in [0.717, 1.165) is 0 Å². The number of aliphatic hydroxyl groups is 1. The van der Waals surface area contributed by atoms with E-state index in [-0.39, 0.29) is 54.1 Å². The predicted octanol–water partition coefficient (Wildman–Crippen LogP) is -1.64. The fraction of sp³-hybridized carbons (Fsp3) is 0.250. The Morgan fingerprint density at radius 1 is 1.27 bits per heavy atom. The first-order chi connectivity index (χ1) is 9.77. The first-order valence-corrected chi connectivity index (χ1v) is 7.33. The van der Waals surface area contributed by atoms with Crippen LogP contribution in [-0.4, -0.2) is 39.8 Å². The number of para-hydroxylation sites is 1. The summed E-state index contributed by atoms with van der Waals surface area (Å²) >= 11 is 0. The Kier molecular flexibility index (Phi) is 12.6. The molecule has 0 amide bonds. The number of ether oxygens (including phenoxy) is 2. The minimum atomic E-state index is -5.00. The molecule has 3 N–H and O–H groups in total. The van der Waals surface area contributed by atoms with E-state index in [1.165, 1.54) is 24.3 Å². The van der Waals surface area contributed by atoms with Crippen LogP contribution in [0, 0.1) is 6.92 Å². The van der Waals surface area contributed by atoms with Gasteiger partial charge in [0.25, 0.3) is 0 Å². The summed E-state index contributed by atoms with van der Waals surface area (Å²) < 4.78 is 19.8. The van der Waals surface area contributed by atoms with Crippen LogP contribution in [0.3, 0.4) is 0 Å². The smallest absolute Gasteiger partial charge is 0.462 e. The number of aliphatic hydroxyl groups excluding tert-OH is 1. The monoisotopic (exact) mass is 342 g/mol. The Morgan fingerprint density at radius 2 is 1.77 bits per heavy atom. The Labute approximate surface area is 149 Å². The molecule has 0 aromatic heterocycles. The first-order valence-electron chi connectivity index (χ1n) is 5.72. The first kappa shape index (κ1) is 23.5. The predicted molar refractivity (Wildman–Crippen MR) is 72.9 cm³/mol. The zero-order valence-corrected chi connectivity index (χ0v) is 15.2. The van der Waals surface area contributed by atoms with Gasteiger partial charge in [0.2, 0.25) is 0 Å². The maximum atomic E-state index is 11.5. The van der Waals surface area contributed by atoms with Crippen molar-refractivity contribution in [3.05, 3.63) is 36.8 Å². The van der Waals surface area contributed by atoms with Gasteiger partial charge >= 0.3 is 48.8 Å². The van der Waals surface area contributed by atoms with Crippen molar-refractivity contribution in [2.45, 2.75) is 6.92 Å². The standard InChI is InChI=1S/C10H11O7P.C2H5O.Na/c1-2-16-9(11)7-5-3-4-6-8(7)17-10(12)18(13,14)15;1-2-3;/h3-6H,2H2,1H3,(H2,13,14,15);3H,1-2H2;/q;-1;+1. The molecule has 0 heterocycles. The summed E-state index contributed by atoms with van der Waals surface area (Å²) in [6, 6.07) is 5.51. The molecule has 0 aliphatic heterocycles. The topological polar surface area (TPSA) is 130 Å². The molecule has 1 rings (SSSR count). The van der Waals surface area contributed by atoms with Crippen molar-refractivity contribution in [1.29, 1.82) is 0 Å². The summed E-state index contributed by atoms with van der Waals surface area (Å²) in [6.45, 7) is 4.77. The molecule has 0 bridgehead atoms. The van der Waals surface area contributed by atoms with E-state index in [9.17, 15) is 14.2 Å². The molecule has 8 nitrogen and oxygen atoms in total. The van der Waals surface area contributed by atoms with Crippen LogP contribution in [0.15, 0.2) is 24.3 Å². The molecule has 0 aliphatic rings. The Morgan fingerprint density at radius 3 is 2.23 bits per heavy atom. The van der Waals surface area contributed by atoms with Crippen LogP contribution in [-0.2, 0) is 9.30 Å². The second-order valence-corrected chi connectivity index (χ2v) is 4.81. The molecule has 0 atom stereocenters. The van der Waals surface area contributed by atoms with Crippen LogP contribution >= 0.6 is 7.60 Å². The largest absolute Gasteiger partial charge is 1.00 e. The molecule has 22 heavy (non-hydrogen) atoms. The van der Waals surface area contributed by atoms with Crippen LogP contribution < -0.4 is 34.3 Å². The molecule has 0 saturated heterocycles. The number of carbonyl (C=O) groups excluding carboxylic acids is 2. The van der Waals surface area contributed by atoms with Gasteiger partial charge in [-0.3, -0.25) is 0 Å². The summed E-state index contributed by atoms with van der Waals surface area (Å²) in [6.07, 6.45) is 0. The summed E-state index contributed by atoms with van der Waals surface area (Å²) in [4.78, 5) is 39.7. The molecule has 0 unspecified atom stereocenters. The van der Waals surface area contributed by atoms with Crippen molar-refractivity contribution in [1.82, 2.24) is 0 Å². The second-order valence-electron chi connectivity index (χ2n) is 3.35. The van der Waals surface area contributed by atoms with Crippen LogP contribution in [0.4, 0.5) is 4.79 Å². The van der Waals surface area contributed by atoms with Gasteiger partial charge in [-0.05, 0) is 19.1 Å². The van der Waals surface area contributed by atoms with Crippen molar-refractivity contribution in [2.24, 2.45) is 0 Å². The average Bonchev–Trinajstić information content (AvgIpc) is 2.39. The third-order valence-electron chi connectivity index (χ3n) is 1.82. The zero-order valence-electron chi connectivity index (χ0n) is 12.3. The van der Waals surface area contributed by atoms with E-state index in [2.05, 4.69) is 11.7 Å². The number of rotatable bonds is 4. The van der Waals surface area contributed by atoms with Crippen molar-refractivity contribution >= 4 is 19.3 Å². The van der Waals surface area contributed by atoms with E-state index in [1.807, 2.05) is 0 Å². The van der Waals surface area contributed by atoms with Gasteiger partial charge in [-0.1, -0.05) is 18.7 Å². The number of benzene rings is 1. The second kappa shape index (κ2) is 11.8. The molecule has 0 aliphatic carbocycles. The van der Waals surface area contributed by atoms with Crippen LogP contribution in [0.1, 0.15) is 17.3 Å². The summed E-state index contributed by atoms with van der Waals surface area (Å²) in [5.41, 5.74) is -1.81. The minimum absolute atomic E-state index is 0. The Bertz CT molecular complexity index is 528. The molecule has 1 aromatic rings. The molecular weight excluding hydrogens is 326 g/mol. The van der Waals surface area contributed by atoms with Crippen molar-refractivity contribution in [3.8, 4) is 5.75 Å². The minimum Gasteiger partial charge on any atom is -0.462 e.